The van der Waals surface area contributed by atoms with Gasteiger partial charge >= 0.3 is 0 Å². The van der Waals surface area contributed by atoms with Gasteiger partial charge in [0.15, 0.2) is 0 Å². The van der Waals surface area contributed by atoms with Gasteiger partial charge in [-0.15, -0.1) is 0 Å². The SMILES string of the molecule is CC.CC.CC.CCCCC/C(=C(/N)CC)N(C)N. The zero-order valence-corrected chi connectivity index (χ0v) is 15.1. The third-order valence-electron chi connectivity index (χ3n) is 2.19. The molecule has 0 saturated carbocycles. The molecule has 0 unspecified atom stereocenters. The van der Waals surface area contributed by atoms with Crippen molar-refractivity contribution < 1.29 is 0 Å². The third kappa shape index (κ3) is 19.8. The van der Waals surface area contributed by atoms with Gasteiger partial charge in [0.1, 0.15) is 0 Å². The largest absolute Gasteiger partial charge is 0.401 e. The minimum atomic E-state index is 0.878. The van der Waals surface area contributed by atoms with E-state index in [1.807, 2.05) is 48.6 Å². The molecule has 0 radical (unpaired) electrons. The van der Waals surface area contributed by atoms with Crippen LogP contribution in [-0.2, 0) is 0 Å². The molecule has 19 heavy (non-hydrogen) atoms. The molecule has 0 rings (SSSR count). The van der Waals surface area contributed by atoms with E-state index in [2.05, 4.69) is 13.8 Å². The fourth-order valence-corrected chi connectivity index (χ4v) is 1.31. The Kier molecular flexibility index (Phi) is 36.6. The molecule has 0 saturated heterocycles. The molecule has 0 amide bonds. The van der Waals surface area contributed by atoms with E-state index in [0.717, 1.165) is 24.2 Å². The quantitative estimate of drug-likeness (QED) is 0.406. The summed E-state index contributed by atoms with van der Waals surface area (Å²) in [6.45, 7) is 16.2. The van der Waals surface area contributed by atoms with E-state index in [9.17, 15) is 0 Å². The summed E-state index contributed by atoms with van der Waals surface area (Å²) in [5, 5.41) is 1.65. The number of nitrogens with two attached hydrogens (primary N) is 2. The zero-order chi connectivity index (χ0) is 16.3. The van der Waals surface area contributed by atoms with Crippen molar-refractivity contribution in [2.45, 2.75) is 87.5 Å². The van der Waals surface area contributed by atoms with Crippen LogP contribution >= 0.6 is 0 Å². The molecule has 0 aliphatic carbocycles. The molecule has 0 atom stereocenters. The number of hydrogen-bond acceptors (Lipinski definition) is 3. The lowest BCUT2D eigenvalue weighted by Crippen LogP contribution is -2.28. The first kappa shape index (κ1) is 26.8. The van der Waals surface area contributed by atoms with Crippen LogP contribution < -0.4 is 11.6 Å². The summed E-state index contributed by atoms with van der Waals surface area (Å²) < 4.78 is 0. The summed E-state index contributed by atoms with van der Waals surface area (Å²) in [5.74, 6) is 5.69. The molecule has 0 aromatic rings. The number of hydrazine groups is 1. The van der Waals surface area contributed by atoms with Crippen molar-refractivity contribution in [3.8, 4) is 0 Å². The molecule has 0 heterocycles. The maximum absolute atomic E-state index is 5.86. The molecular formula is C16H41N3. The second kappa shape index (κ2) is 26.0. The Morgan fingerprint density at radius 3 is 1.58 bits per heavy atom. The van der Waals surface area contributed by atoms with E-state index in [4.69, 9.17) is 11.6 Å². The van der Waals surface area contributed by atoms with Crippen molar-refractivity contribution in [2.75, 3.05) is 7.05 Å². The molecule has 3 heteroatoms. The highest BCUT2D eigenvalue weighted by Crippen LogP contribution is 2.13. The second-order valence-corrected chi connectivity index (χ2v) is 3.39. The molecule has 4 N–H and O–H groups in total. The van der Waals surface area contributed by atoms with Gasteiger partial charge in [-0.1, -0.05) is 68.2 Å². The van der Waals surface area contributed by atoms with E-state index in [1.54, 1.807) is 5.01 Å². The topological polar surface area (TPSA) is 55.3 Å². The molecule has 3 nitrogen and oxygen atoms in total. The molecule has 0 spiro atoms. The second-order valence-electron chi connectivity index (χ2n) is 3.39. The van der Waals surface area contributed by atoms with Crippen molar-refractivity contribution in [3.05, 3.63) is 11.4 Å². The lowest BCUT2D eigenvalue weighted by molar-refractivity contribution is 0.407. The Balaban J connectivity index is -0.000000163. The van der Waals surface area contributed by atoms with Gasteiger partial charge in [-0.2, -0.15) is 0 Å². The van der Waals surface area contributed by atoms with E-state index in [-0.39, 0.29) is 0 Å². The van der Waals surface area contributed by atoms with E-state index < -0.39 is 0 Å². The minimum absolute atomic E-state index is 0.878. The van der Waals surface area contributed by atoms with Crippen LogP contribution in [0.1, 0.15) is 87.5 Å². The van der Waals surface area contributed by atoms with Crippen molar-refractivity contribution in [3.63, 3.8) is 0 Å². The van der Waals surface area contributed by atoms with Gasteiger partial charge in [0.25, 0.3) is 0 Å². The van der Waals surface area contributed by atoms with Gasteiger partial charge in [0.05, 0.1) is 0 Å². The average Bonchev–Trinajstić information content (AvgIpc) is 2.49. The Morgan fingerprint density at radius 1 is 0.895 bits per heavy atom. The number of hydrogen-bond donors (Lipinski definition) is 2. The lowest BCUT2D eigenvalue weighted by atomic mass is 10.1. The van der Waals surface area contributed by atoms with Crippen LogP contribution in [0.25, 0.3) is 0 Å². The number of nitrogens with zero attached hydrogens (tertiary/aromatic N) is 1. The summed E-state index contributed by atoms with van der Waals surface area (Å²) in [6.07, 6.45) is 5.53. The van der Waals surface area contributed by atoms with Gasteiger partial charge in [0.2, 0.25) is 0 Å². The van der Waals surface area contributed by atoms with Crippen LogP contribution in [0.15, 0.2) is 11.4 Å². The molecule has 0 aromatic carbocycles. The Hall–Kier alpha value is -0.700. The molecule has 0 fully saturated rings. The average molecular weight is 276 g/mol. The molecule has 0 aliphatic heterocycles. The lowest BCUT2D eigenvalue weighted by Gasteiger charge is -2.19. The summed E-state index contributed by atoms with van der Waals surface area (Å²) in [6, 6.07) is 0. The molecule has 120 valence electrons. The maximum atomic E-state index is 5.86. The fourth-order valence-electron chi connectivity index (χ4n) is 1.31. The van der Waals surface area contributed by atoms with Crippen LogP contribution in [0.4, 0.5) is 0 Å². The van der Waals surface area contributed by atoms with E-state index >= 15 is 0 Å². The van der Waals surface area contributed by atoms with E-state index in [0.29, 0.717) is 0 Å². The van der Waals surface area contributed by atoms with Crippen molar-refractivity contribution in [1.82, 2.24) is 5.01 Å². The Bertz CT molecular complexity index is 163. The highest BCUT2D eigenvalue weighted by molar-refractivity contribution is 5.08. The summed E-state index contributed by atoms with van der Waals surface area (Å²) >= 11 is 0. The third-order valence-corrected chi connectivity index (χ3v) is 2.19. The molecule has 0 aliphatic rings. The fraction of sp³-hybridized carbons (Fsp3) is 0.875. The van der Waals surface area contributed by atoms with Gasteiger partial charge in [-0.3, -0.25) is 0 Å². The van der Waals surface area contributed by atoms with Crippen molar-refractivity contribution in [2.24, 2.45) is 11.6 Å². The van der Waals surface area contributed by atoms with Crippen LogP contribution in [0.2, 0.25) is 0 Å². The smallest absolute Gasteiger partial charge is 0.0474 e. The van der Waals surface area contributed by atoms with Crippen LogP contribution in [0.5, 0.6) is 0 Å². The monoisotopic (exact) mass is 275 g/mol. The van der Waals surface area contributed by atoms with Crippen LogP contribution in [0.3, 0.4) is 0 Å². The van der Waals surface area contributed by atoms with Crippen molar-refractivity contribution >= 4 is 0 Å². The van der Waals surface area contributed by atoms with Gasteiger partial charge < -0.3 is 10.7 Å². The molecular weight excluding hydrogens is 234 g/mol. The first-order valence-corrected chi connectivity index (χ1v) is 8.09. The highest BCUT2D eigenvalue weighted by Gasteiger charge is 2.04. The zero-order valence-electron chi connectivity index (χ0n) is 15.1. The van der Waals surface area contributed by atoms with Gasteiger partial charge in [-0.05, 0) is 19.3 Å². The normalized spacial score (nSPS) is 9.58. The van der Waals surface area contributed by atoms with Gasteiger partial charge in [-0.25, -0.2) is 5.84 Å². The Morgan fingerprint density at radius 2 is 1.32 bits per heavy atom. The minimum Gasteiger partial charge on any atom is -0.401 e. The highest BCUT2D eigenvalue weighted by atomic mass is 15.4. The number of rotatable bonds is 6. The molecule has 0 bridgehead atoms. The van der Waals surface area contributed by atoms with Crippen LogP contribution in [0, 0.1) is 0 Å². The maximum Gasteiger partial charge on any atom is 0.0474 e. The van der Waals surface area contributed by atoms with Crippen LogP contribution in [-0.4, -0.2) is 12.1 Å². The summed E-state index contributed by atoms with van der Waals surface area (Å²) in [7, 11) is 1.85. The predicted molar refractivity (Wildman–Crippen MR) is 91.6 cm³/mol. The Labute approximate surface area is 123 Å². The standard InChI is InChI=1S/C10H23N3.3C2H6/c1-4-6-7-8-10(13(3)12)9(11)5-2;3*1-2/h4-8,11-12H2,1-3H3;3*1-2H3/b10-9-;;;. The number of unbranched alkanes of at least 4 members (excludes halogenated alkanes) is 2. The first-order chi connectivity index (χ1) is 9.13. The summed E-state index contributed by atoms with van der Waals surface area (Å²) in [4.78, 5) is 0. The van der Waals surface area contributed by atoms with Gasteiger partial charge in [0, 0.05) is 18.4 Å². The number of allylic oxidation sites excluding steroid dienone is 2. The van der Waals surface area contributed by atoms with E-state index in [1.165, 1.54) is 19.3 Å². The first-order valence-electron chi connectivity index (χ1n) is 8.09. The predicted octanol–water partition coefficient (Wildman–Crippen LogP) is 5.03. The molecule has 0 aromatic heterocycles. The summed E-state index contributed by atoms with van der Waals surface area (Å²) in [5.41, 5.74) is 7.87. The van der Waals surface area contributed by atoms with Crippen molar-refractivity contribution in [1.29, 1.82) is 0 Å².